The van der Waals surface area contributed by atoms with E-state index in [4.69, 9.17) is 11.6 Å². The SMILES string of the molecule is CS(=O)(=O)N[C@H]1CCCN(C(=O)[C@@H]2C[C@H]2c2c(Cl)cccc2-c2ccccc2)CC1. The Bertz CT molecular complexity index is 1030. The summed E-state index contributed by atoms with van der Waals surface area (Å²) in [5.74, 6) is 0.250. The highest BCUT2D eigenvalue weighted by molar-refractivity contribution is 7.88. The lowest BCUT2D eigenvalue weighted by molar-refractivity contribution is -0.132. The Morgan fingerprint density at radius 2 is 1.83 bits per heavy atom. The molecule has 2 aliphatic rings. The van der Waals surface area contributed by atoms with Crippen LogP contribution in [0, 0.1) is 5.92 Å². The zero-order chi connectivity index (χ0) is 21.3. The van der Waals surface area contributed by atoms with Gasteiger partial charge in [-0.3, -0.25) is 4.79 Å². The Morgan fingerprint density at radius 3 is 2.57 bits per heavy atom. The molecule has 160 valence electrons. The minimum absolute atomic E-state index is 0.0493. The summed E-state index contributed by atoms with van der Waals surface area (Å²) in [6, 6.07) is 16.0. The standard InChI is InChI=1S/C23H27ClN2O3S/c1-30(28,29)25-17-9-6-13-26(14-12-17)23(27)20-15-19(20)22-18(10-5-11-21(22)24)16-7-3-2-4-8-16/h2-5,7-8,10-11,17,19-20,25H,6,9,12-15H2,1H3/t17-,19+,20+/m0/s1. The van der Waals surface area contributed by atoms with E-state index in [9.17, 15) is 13.2 Å². The van der Waals surface area contributed by atoms with E-state index in [1.54, 1.807) is 0 Å². The van der Waals surface area contributed by atoms with Gasteiger partial charge in [-0.25, -0.2) is 13.1 Å². The monoisotopic (exact) mass is 446 g/mol. The van der Waals surface area contributed by atoms with Crippen LogP contribution >= 0.6 is 11.6 Å². The average molecular weight is 447 g/mol. The van der Waals surface area contributed by atoms with Crippen LogP contribution < -0.4 is 4.72 Å². The van der Waals surface area contributed by atoms with Gasteiger partial charge < -0.3 is 4.90 Å². The van der Waals surface area contributed by atoms with Gasteiger partial charge in [0.25, 0.3) is 0 Å². The second kappa shape index (κ2) is 8.69. The van der Waals surface area contributed by atoms with Crippen molar-refractivity contribution in [3.8, 4) is 11.1 Å². The number of rotatable bonds is 5. The molecule has 2 aromatic carbocycles. The van der Waals surface area contributed by atoms with Gasteiger partial charge in [0.1, 0.15) is 0 Å². The van der Waals surface area contributed by atoms with Gasteiger partial charge in [0.05, 0.1) is 6.26 Å². The van der Waals surface area contributed by atoms with E-state index < -0.39 is 10.0 Å². The molecule has 0 spiro atoms. The molecule has 30 heavy (non-hydrogen) atoms. The molecule has 0 radical (unpaired) electrons. The van der Waals surface area contributed by atoms with Gasteiger partial charge in [-0.15, -0.1) is 0 Å². The fraction of sp³-hybridized carbons (Fsp3) is 0.435. The van der Waals surface area contributed by atoms with E-state index in [2.05, 4.69) is 22.9 Å². The number of nitrogens with one attached hydrogen (secondary N) is 1. The molecule has 1 amide bonds. The summed E-state index contributed by atoms with van der Waals surface area (Å²) < 4.78 is 25.7. The third kappa shape index (κ3) is 4.88. The molecule has 2 aromatic rings. The minimum atomic E-state index is -3.23. The fourth-order valence-corrected chi connectivity index (χ4v) is 5.70. The van der Waals surface area contributed by atoms with Gasteiger partial charge in [0.2, 0.25) is 15.9 Å². The van der Waals surface area contributed by atoms with Crippen molar-refractivity contribution < 1.29 is 13.2 Å². The zero-order valence-corrected chi connectivity index (χ0v) is 18.6. The summed E-state index contributed by atoms with van der Waals surface area (Å²) in [4.78, 5) is 15.1. The van der Waals surface area contributed by atoms with Gasteiger partial charge in [-0.05, 0) is 54.4 Å². The predicted octanol–water partition coefficient (Wildman–Crippen LogP) is 4.04. The molecular formula is C23H27ClN2O3S. The minimum Gasteiger partial charge on any atom is -0.342 e. The average Bonchev–Trinajstić information content (AvgIpc) is 3.51. The van der Waals surface area contributed by atoms with Crippen LogP contribution in [0.4, 0.5) is 0 Å². The van der Waals surface area contributed by atoms with Crippen molar-refractivity contribution in [1.29, 1.82) is 0 Å². The Hall–Kier alpha value is -1.89. The number of halogens is 1. The van der Waals surface area contributed by atoms with Crippen molar-refractivity contribution in [2.45, 2.75) is 37.6 Å². The molecule has 1 saturated carbocycles. The highest BCUT2D eigenvalue weighted by atomic mass is 35.5. The Morgan fingerprint density at radius 1 is 1.07 bits per heavy atom. The lowest BCUT2D eigenvalue weighted by Gasteiger charge is -2.21. The van der Waals surface area contributed by atoms with Crippen LogP contribution in [0.3, 0.4) is 0 Å². The molecule has 3 atom stereocenters. The molecule has 7 heteroatoms. The van der Waals surface area contributed by atoms with E-state index in [-0.39, 0.29) is 23.8 Å². The van der Waals surface area contributed by atoms with Crippen LogP contribution in [0.5, 0.6) is 0 Å². The van der Waals surface area contributed by atoms with E-state index in [0.717, 1.165) is 36.0 Å². The first-order valence-electron chi connectivity index (χ1n) is 10.4. The summed E-state index contributed by atoms with van der Waals surface area (Å²) in [6.07, 6.45) is 4.20. The number of sulfonamides is 1. The maximum atomic E-state index is 13.2. The van der Waals surface area contributed by atoms with Crippen LogP contribution in [-0.4, -0.2) is 44.6 Å². The molecule has 2 fully saturated rings. The Balaban J connectivity index is 1.47. The number of benzene rings is 2. The topological polar surface area (TPSA) is 66.5 Å². The van der Waals surface area contributed by atoms with Gasteiger partial charge >= 0.3 is 0 Å². The summed E-state index contributed by atoms with van der Waals surface area (Å²) in [5, 5.41) is 0.713. The van der Waals surface area contributed by atoms with Crippen LogP contribution in [0.25, 0.3) is 11.1 Å². The smallest absolute Gasteiger partial charge is 0.226 e. The number of amides is 1. The van der Waals surface area contributed by atoms with Gasteiger partial charge in [-0.2, -0.15) is 0 Å². The highest BCUT2D eigenvalue weighted by Crippen LogP contribution is 2.53. The van der Waals surface area contributed by atoms with Crippen molar-refractivity contribution >= 4 is 27.5 Å². The van der Waals surface area contributed by atoms with Gasteiger partial charge in [-0.1, -0.05) is 54.1 Å². The lowest BCUT2D eigenvalue weighted by Crippen LogP contribution is -2.36. The first-order chi connectivity index (χ1) is 14.3. The molecule has 1 aliphatic carbocycles. The van der Waals surface area contributed by atoms with Crippen LogP contribution in [-0.2, 0) is 14.8 Å². The van der Waals surface area contributed by atoms with Crippen molar-refractivity contribution in [2.75, 3.05) is 19.3 Å². The summed E-state index contributed by atoms with van der Waals surface area (Å²) >= 11 is 6.59. The Kier molecular flexibility index (Phi) is 6.19. The van der Waals surface area contributed by atoms with E-state index >= 15 is 0 Å². The van der Waals surface area contributed by atoms with Crippen LogP contribution in [0.2, 0.25) is 5.02 Å². The largest absolute Gasteiger partial charge is 0.342 e. The summed E-state index contributed by atoms with van der Waals surface area (Å²) in [7, 11) is -3.23. The fourth-order valence-electron chi connectivity index (χ4n) is 4.54. The molecular weight excluding hydrogens is 420 g/mol. The van der Waals surface area contributed by atoms with Crippen molar-refractivity contribution in [3.05, 3.63) is 59.1 Å². The number of likely N-dealkylation sites (tertiary alicyclic amines) is 1. The maximum absolute atomic E-state index is 13.2. The molecule has 1 N–H and O–H groups in total. The molecule has 0 unspecified atom stereocenters. The van der Waals surface area contributed by atoms with Crippen LogP contribution in [0.1, 0.15) is 37.2 Å². The molecule has 1 heterocycles. The van der Waals surface area contributed by atoms with Crippen molar-refractivity contribution in [2.24, 2.45) is 5.92 Å². The summed E-state index contributed by atoms with van der Waals surface area (Å²) in [5.41, 5.74) is 3.27. The number of hydrogen-bond acceptors (Lipinski definition) is 3. The lowest BCUT2D eigenvalue weighted by atomic mass is 9.95. The number of nitrogens with zero attached hydrogens (tertiary/aromatic N) is 1. The third-order valence-corrected chi connectivity index (χ3v) is 7.13. The number of carbonyl (C=O) groups is 1. The molecule has 4 rings (SSSR count). The van der Waals surface area contributed by atoms with Crippen molar-refractivity contribution in [3.63, 3.8) is 0 Å². The molecule has 0 aromatic heterocycles. The van der Waals surface area contributed by atoms with Gasteiger partial charge in [0.15, 0.2) is 0 Å². The second-order valence-corrected chi connectivity index (χ2v) is 10.5. The maximum Gasteiger partial charge on any atom is 0.226 e. The molecule has 1 saturated heterocycles. The number of carbonyl (C=O) groups excluding carboxylic acids is 1. The third-order valence-electron chi connectivity index (χ3n) is 6.04. The predicted molar refractivity (Wildman–Crippen MR) is 120 cm³/mol. The second-order valence-electron chi connectivity index (χ2n) is 8.36. The zero-order valence-electron chi connectivity index (χ0n) is 17.1. The van der Waals surface area contributed by atoms with E-state index in [0.29, 0.717) is 24.5 Å². The molecule has 5 nitrogen and oxygen atoms in total. The first kappa shape index (κ1) is 21.3. The first-order valence-corrected chi connectivity index (χ1v) is 12.7. The van der Waals surface area contributed by atoms with E-state index in [1.807, 2.05) is 35.2 Å². The molecule has 1 aliphatic heterocycles. The van der Waals surface area contributed by atoms with Crippen LogP contribution in [0.15, 0.2) is 48.5 Å². The normalized spacial score (nSPS) is 24.3. The highest BCUT2D eigenvalue weighted by Gasteiger charge is 2.47. The van der Waals surface area contributed by atoms with Crippen molar-refractivity contribution in [1.82, 2.24) is 9.62 Å². The van der Waals surface area contributed by atoms with E-state index in [1.165, 1.54) is 6.26 Å². The molecule has 0 bridgehead atoms. The van der Waals surface area contributed by atoms with Gasteiger partial charge in [0, 0.05) is 30.1 Å². The quantitative estimate of drug-likeness (QED) is 0.753. The summed E-state index contributed by atoms with van der Waals surface area (Å²) in [6.45, 7) is 1.27. The Labute approximate surface area is 183 Å². The number of hydrogen-bond donors (Lipinski definition) is 1.